The highest BCUT2D eigenvalue weighted by atomic mass is 16.3. The Kier molecular flexibility index (Phi) is 7.70. The van der Waals surface area contributed by atoms with Gasteiger partial charge in [-0.3, -0.25) is 4.79 Å². The van der Waals surface area contributed by atoms with Crippen molar-refractivity contribution >= 4 is 5.91 Å². The monoisotopic (exact) mass is 426 g/mol. The lowest BCUT2D eigenvalue weighted by molar-refractivity contribution is -0.133. The van der Waals surface area contributed by atoms with Crippen LogP contribution in [0, 0.1) is 0 Å². The van der Waals surface area contributed by atoms with Crippen LogP contribution in [0.15, 0.2) is 48.5 Å². The van der Waals surface area contributed by atoms with E-state index < -0.39 is 12.2 Å². The third-order valence-corrected chi connectivity index (χ3v) is 5.79. The molecule has 1 heterocycles. The molecule has 3 rings (SSSR count). The topological polar surface area (TPSA) is 93.0 Å². The summed E-state index contributed by atoms with van der Waals surface area (Å²) in [5, 5.41) is 33.0. The smallest absolute Gasteiger partial charge is 0.227 e. The number of phenolic OH excluding ortho intramolecular Hbond substituents is 1. The van der Waals surface area contributed by atoms with Gasteiger partial charge < -0.3 is 25.5 Å². The maximum Gasteiger partial charge on any atom is 0.227 e. The first kappa shape index (κ1) is 23.3. The molecule has 1 amide bonds. The number of carbonyl (C=O) groups is 1. The quantitative estimate of drug-likeness (QED) is 0.521. The molecular formula is C25H34N2O4. The fourth-order valence-corrected chi connectivity index (χ4v) is 4.08. The van der Waals surface area contributed by atoms with Crippen LogP contribution in [-0.2, 0) is 17.6 Å². The molecule has 31 heavy (non-hydrogen) atoms. The predicted molar refractivity (Wildman–Crippen MR) is 121 cm³/mol. The molecule has 1 saturated heterocycles. The number of amides is 1. The summed E-state index contributed by atoms with van der Waals surface area (Å²) in [6, 6.07) is 14.6. The average Bonchev–Trinajstić information content (AvgIpc) is 2.72. The number of aliphatic hydroxyl groups is 2. The molecule has 1 aliphatic rings. The molecule has 2 aromatic carbocycles. The van der Waals surface area contributed by atoms with Gasteiger partial charge in [-0.2, -0.15) is 0 Å². The summed E-state index contributed by atoms with van der Waals surface area (Å²) in [4.78, 5) is 14.4. The maximum absolute atomic E-state index is 12.6. The molecule has 6 heteroatoms. The van der Waals surface area contributed by atoms with Crippen LogP contribution in [0.2, 0.25) is 0 Å². The molecule has 0 radical (unpaired) electrons. The van der Waals surface area contributed by atoms with Gasteiger partial charge in [0.15, 0.2) is 0 Å². The summed E-state index contributed by atoms with van der Waals surface area (Å²) in [6.45, 7) is 5.72. The van der Waals surface area contributed by atoms with Gasteiger partial charge in [-0.05, 0) is 61.9 Å². The Morgan fingerprint density at radius 2 is 1.90 bits per heavy atom. The maximum atomic E-state index is 12.6. The lowest BCUT2D eigenvalue weighted by Gasteiger charge is -2.30. The van der Waals surface area contributed by atoms with Crippen molar-refractivity contribution in [1.29, 1.82) is 0 Å². The standard InChI is InChI=1S/C25H34N2O4/c1-25(2,26-16-23(30)20-8-10-21(28)11-9-20)15-19-6-3-5-18(13-19)14-24(31)27-12-4-7-22(29)17-27/h3,5-6,8-11,13,22-23,26,28-30H,4,7,12,14-17H2,1-2H3/t22-,23?/m1/s1. The molecule has 0 aliphatic carbocycles. The van der Waals surface area contributed by atoms with E-state index in [1.807, 2.05) is 12.1 Å². The van der Waals surface area contributed by atoms with Gasteiger partial charge in [-0.1, -0.05) is 36.4 Å². The Bertz CT molecular complexity index is 866. The summed E-state index contributed by atoms with van der Waals surface area (Å²) in [7, 11) is 0. The molecule has 168 valence electrons. The minimum Gasteiger partial charge on any atom is -0.508 e. The number of rotatable bonds is 8. The van der Waals surface area contributed by atoms with Gasteiger partial charge in [0.25, 0.3) is 0 Å². The molecule has 1 fully saturated rings. The fraction of sp³-hybridized carbons (Fsp3) is 0.480. The molecule has 6 nitrogen and oxygen atoms in total. The van der Waals surface area contributed by atoms with Crippen LogP contribution in [0.3, 0.4) is 0 Å². The average molecular weight is 427 g/mol. The normalized spacial score (nSPS) is 18.1. The Hall–Kier alpha value is -2.41. The lowest BCUT2D eigenvalue weighted by Crippen LogP contribution is -2.43. The minimum absolute atomic E-state index is 0.0605. The Labute approximate surface area is 184 Å². The molecule has 2 atom stereocenters. The molecular weight excluding hydrogens is 392 g/mol. The third-order valence-electron chi connectivity index (χ3n) is 5.79. The van der Waals surface area contributed by atoms with E-state index in [1.165, 1.54) is 0 Å². The molecule has 4 N–H and O–H groups in total. The van der Waals surface area contributed by atoms with Crippen LogP contribution in [-0.4, -0.2) is 57.4 Å². The van der Waals surface area contributed by atoms with E-state index in [0.717, 1.165) is 42.5 Å². The summed E-state index contributed by atoms with van der Waals surface area (Å²) in [6.07, 6.45) is 1.64. The number of carbonyl (C=O) groups excluding carboxylic acids is 1. The molecule has 0 aromatic heterocycles. The number of nitrogens with zero attached hydrogens (tertiary/aromatic N) is 1. The van der Waals surface area contributed by atoms with E-state index >= 15 is 0 Å². The van der Waals surface area contributed by atoms with Crippen molar-refractivity contribution in [2.24, 2.45) is 0 Å². The van der Waals surface area contributed by atoms with Gasteiger partial charge in [0.2, 0.25) is 5.91 Å². The minimum atomic E-state index is -0.663. The third kappa shape index (κ3) is 7.06. The van der Waals surface area contributed by atoms with E-state index in [1.54, 1.807) is 29.2 Å². The second-order valence-electron chi connectivity index (χ2n) is 9.18. The number of aliphatic hydroxyl groups excluding tert-OH is 2. The van der Waals surface area contributed by atoms with Crippen LogP contribution in [0.5, 0.6) is 5.75 Å². The van der Waals surface area contributed by atoms with Gasteiger partial charge in [-0.15, -0.1) is 0 Å². The first-order valence-electron chi connectivity index (χ1n) is 11.0. The second kappa shape index (κ2) is 10.3. The largest absolute Gasteiger partial charge is 0.508 e. The fourth-order valence-electron chi connectivity index (χ4n) is 4.08. The van der Waals surface area contributed by atoms with E-state index in [2.05, 4.69) is 31.3 Å². The zero-order valence-electron chi connectivity index (χ0n) is 18.4. The SMILES string of the molecule is CC(C)(Cc1cccc(CC(=O)N2CCC[C@@H](O)C2)c1)NCC(O)c1ccc(O)cc1. The summed E-state index contributed by atoms with van der Waals surface area (Å²) >= 11 is 0. The zero-order chi connectivity index (χ0) is 22.4. The van der Waals surface area contributed by atoms with E-state index in [0.29, 0.717) is 19.5 Å². The van der Waals surface area contributed by atoms with Crippen LogP contribution in [0.1, 0.15) is 49.5 Å². The first-order valence-corrected chi connectivity index (χ1v) is 11.0. The van der Waals surface area contributed by atoms with Gasteiger partial charge in [0, 0.05) is 25.2 Å². The van der Waals surface area contributed by atoms with Crippen LogP contribution >= 0.6 is 0 Å². The number of aromatic hydroxyl groups is 1. The van der Waals surface area contributed by atoms with Crippen molar-refractivity contribution in [3.8, 4) is 5.75 Å². The molecule has 2 aromatic rings. The van der Waals surface area contributed by atoms with Crippen molar-refractivity contribution in [2.75, 3.05) is 19.6 Å². The van der Waals surface area contributed by atoms with Crippen molar-refractivity contribution in [1.82, 2.24) is 10.2 Å². The highest BCUT2D eigenvalue weighted by Crippen LogP contribution is 2.20. The van der Waals surface area contributed by atoms with Crippen molar-refractivity contribution in [3.63, 3.8) is 0 Å². The van der Waals surface area contributed by atoms with Crippen molar-refractivity contribution < 1.29 is 20.1 Å². The molecule has 0 spiro atoms. The Balaban J connectivity index is 1.54. The number of likely N-dealkylation sites (tertiary alicyclic amines) is 1. The predicted octanol–water partition coefficient (Wildman–Crippen LogP) is 2.56. The van der Waals surface area contributed by atoms with Gasteiger partial charge in [-0.25, -0.2) is 0 Å². The van der Waals surface area contributed by atoms with Crippen LogP contribution in [0.25, 0.3) is 0 Å². The zero-order valence-corrected chi connectivity index (χ0v) is 18.4. The number of hydrogen-bond donors (Lipinski definition) is 4. The first-order chi connectivity index (χ1) is 14.7. The highest BCUT2D eigenvalue weighted by molar-refractivity contribution is 5.79. The van der Waals surface area contributed by atoms with Crippen LogP contribution in [0.4, 0.5) is 0 Å². The number of nitrogens with one attached hydrogen (secondary N) is 1. The Morgan fingerprint density at radius 1 is 1.19 bits per heavy atom. The summed E-state index contributed by atoms with van der Waals surface area (Å²) in [5.41, 5.74) is 2.60. The molecule has 0 bridgehead atoms. The van der Waals surface area contributed by atoms with Gasteiger partial charge in [0.05, 0.1) is 18.6 Å². The molecule has 0 saturated carbocycles. The summed E-state index contributed by atoms with van der Waals surface area (Å²) < 4.78 is 0. The number of piperidine rings is 1. The molecule has 1 aliphatic heterocycles. The van der Waals surface area contributed by atoms with E-state index in [9.17, 15) is 20.1 Å². The summed E-state index contributed by atoms with van der Waals surface area (Å²) in [5.74, 6) is 0.240. The van der Waals surface area contributed by atoms with Crippen molar-refractivity contribution in [2.45, 2.75) is 57.3 Å². The van der Waals surface area contributed by atoms with Gasteiger partial charge in [0.1, 0.15) is 5.75 Å². The van der Waals surface area contributed by atoms with Crippen LogP contribution < -0.4 is 5.32 Å². The number of β-amino-alcohol motifs (C(OH)–C–C–N with tert-alkyl or cyclic N) is 2. The van der Waals surface area contributed by atoms with E-state index in [-0.39, 0.29) is 17.2 Å². The number of hydrogen-bond acceptors (Lipinski definition) is 5. The Morgan fingerprint density at radius 3 is 2.61 bits per heavy atom. The van der Waals surface area contributed by atoms with E-state index in [4.69, 9.17) is 0 Å². The number of benzene rings is 2. The second-order valence-corrected chi connectivity index (χ2v) is 9.18. The molecule has 1 unspecified atom stereocenters. The highest BCUT2D eigenvalue weighted by Gasteiger charge is 2.23. The number of phenols is 1. The van der Waals surface area contributed by atoms with Crippen molar-refractivity contribution in [3.05, 3.63) is 65.2 Å². The lowest BCUT2D eigenvalue weighted by atomic mass is 9.93. The van der Waals surface area contributed by atoms with Gasteiger partial charge >= 0.3 is 0 Å².